The van der Waals surface area contributed by atoms with Crippen LogP contribution in [0.5, 0.6) is 0 Å². The number of nitrogens with one attached hydrogen (secondary N) is 1. The molecule has 1 amide bonds. The van der Waals surface area contributed by atoms with Crippen molar-refractivity contribution in [2.75, 3.05) is 5.32 Å². The summed E-state index contributed by atoms with van der Waals surface area (Å²) in [7, 11) is 0. The van der Waals surface area contributed by atoms with Gasteiger partial charge >= 0.3 is 0 Å². The summed E-state index contributed by atoms with van der Waals surface area (Å²) in [6.07, 6.45) is 1.40. The Morgan fingerprint density at radius 2 is 2.35 bits per heavy atom. The van der Waals surface area contributed by atoms with Gasteiger partial charge in [-0.1, -0.05) is 4.49 Å². The predicted octanol–water partition coefficient (Wildman–Crippen LogP) is 1.37. The molecule has 6 nitrogen and oxygen atoms in total. The Morgan fingerprint density at radius 3 is 2.88 bits per heavy atom. The van der Waals surface area contributed by atoms with Crippen molar-refractivity contribution in [2.45, 2.75) is 6.92 Å². The Balaban J connectivity index is 2.14. The lowest BCUT2D eigenvalue weighted by Gasteiger charge is -2.01. The number of carbonyl (C=O) groups excluding carboxylic acids is 1. The minimum absolute atomic E-state index is 0.297. The van der Waals surface area contributed by atoms with E-state index in [1.807, 2.05) is 6.07 Å². The zero-order valence-corrected chi connectivity index (χ0v) is 9.65. The molecule has 0 aliphatic heterocycles. The number of amides is 1. The number of rotatable bonds is 2. The molecule has 0 unspecified atom stereocenters. The first-order valence-electron chi connectivity index (χ1n) is 4.67. The summed E-state index contributed by atoms with van der Waals surface area (Å²) in [6, 6.07) is 5.10. The Morgan fingerprint density at radius 1 is 1.53 bits per heavy atom. The number of nitrogens with zero attached hydrogens (tertiary/aromatic N) is 4. The van der Waals surface area contributed by atoms with Crippen LogP contribution in [0.3, 0.4) is 0 Å². The van der Waals surface area contributed by atoms with Gasteiger partial charge in [0.1, 0.15) is 16.8 Å². The molecule has 2 heterocycles. The van der Waals surface area contributed by atoms with Crippen molar-refractivity contribution in [3.63, 3.8) is 0 Å². The third-order valence-corrected chi connectivity index (χ3v) is 2.82. The maximum Gasteiger partial charge on any atom is 0.270 e. The van der Waals surface area contributed by atoms with Gasteiger partial charge in [-0.2, -0.15) is 5.26 Å². The fourth-order valence-corrected chi connectivity index (χ4v) is 1.70. The number of pyridine rings is 1. The number of anilines is 1. The molecule has 2 aromatic rings. The first kappa shape index (κ1) is 11.2. The number of hydrogen-bond donors (Lipinski definition) is 1. The molecule has 84 valence electrons. The Hall–Kier alpha value is -2.33. The highest BCUT2D eigenvalue weighted by atomic mass is 32.1. The van der Waals surface area contributed by atoms with E-state index in [0.29, 0.717) is 22.0 Å². The van der Waals surface area contributed by atoms with Crippen LogP contribution in [0.15, 0.2) is 18.3 Å². The van der Waals surface area contributed by atoms with Crippen molar-refractivity contribution in [1.82, 2.24) is 14.6 Å². The lowest BCUT2D eigenvalue weighted by molar-refractivity contribution is 0.102. The molecule has 0 aromatic carbocycles. The number of aryl methyl sites for hydroxylation is 1. The SMILES string of the molecule is Cc1nnsc1C(=O)Nc1ccc(C#N)cn1. The van der Waals surface area contributed by atoms with Crippen LogP contribution < -0.4 is 5.32 Å². The van der Waals surface area contributed by atoms with Crippen molar-refractivity contribution < 1.29 is 4.79 Å². The molecule has 0 fully saturated rings. The zero-order valence-electron chi connectivity index (χ0n) is 8.84. The topological polar surface area (TPSA) is 91.6 Å². The van der Waals surface area contributed by atoms with Crippen LogP contribution in [-0.2, 0) is 0 Å². The van der Waals surface area contributed by atoms with Gasteiger partial charge < -0.3 is 5.32 Å². The van der Waals surface area contributed by atoms with Gasteiger partial charge in [-0.05, 0) is 30.6 Å². The van der Waals surface area contributed by atoms with Gasteiger partial charge in [-0.25, -0.2) is 4.98 Å². The van der Waals surface area contributed by atoms with Crippen molar-refractivity contribution >= 4 is 23.3 Å². The maximum atomic E-state index is 11.8. The van der Waals surface area contributed by atoms with Crippen LogP contribution in [0.1, 0.15) is 20.9 Å². The summed E-state index contributed by atoms with van der Waals surface area (Å²) < 4.78 is 3.68. The minimum atomic E-state index is -0.297. The molecule has 0 saturated carbocycles. The fraction of sp³-hybridized carbons (Fsp3) is 0.100. The maximum absolute atomic E-state index is 11.8. The molecule has 0 bridgehead atoms. The molecule has 7 heteroatoms. The molecule has 1 N–H and O–H groups in total. The van der Waals surface area contributed by atoms with E-state index in [1.165, 1.54) is 6.20 Å². The monoisotopic (exact) mass is 245 g/mol. The molecular formula is C10H7N5OS. The number of carbonyl (C=O) groups is 1. The molecular weight excluding hydrogens is 238 g/mol. The number of aromatic nitrogens is 3. The molecule has 0 radical (unpaired) electrons. The van der Waals surface area contributed by atoms with E-state index >= 15 is 0 Å². The quantitative estimate of drug-likeness (QED) is 0.862. The van der Waals surface area contributed by atoms with Gasteiger partial charge in [0.05, 0.1) is 11.3 Å². The number of hydrogen-bond acceptors (Lipinski definition) is 6. The predicted molar refractivity (Wildman–Crippen MR) is 61.6 cm³/mol. The Bertz CT molecular complexity index is 583. The average Bonchev–Trinajstić information content (AvgIpc) is 2.76. The molecule has 2 aromatic heterocycles. The molecule has 0 spiro atoms. The third-order valence-electron chi connectivity index (χ3n) is 1.99. The van der Waals surface area contributed by atoms with E-state index in [-0.39, 0.29) is 5.91 Å². The lowest BCUT2D eigenvalue weighted by atomic mass is 10.3. The van der Waals surface area contributed by atoms with Crippen LogP contribution in [0.2, 0.25) is 0 Å². The highest BCUT2D eigenvalue weighted by molar-refractivity contribution is 7.08. The summed E-state index contributed by atoms with van der Waals surface area (Å²) in [5.74, 6) is 0.0940. The standard InChI is InChI=1S/C10H7N5OS/c1-6-9(17-15-14-6)10(16)13-8-3-2-7(4-11)5-12-8/h2-3,5H,1H3,(H,12,13,16). The molecule has 2 rings (SSSR count). The normalized spacial score (nSPS) is 9.65. The summed E-state index contributed by atoms with van der Waals surface area (Å²) in [5.41, 5.74) is 1.03. The molecule has 0 aliphatic rings. The van der Waals surface area contributed by atoms with E-state index in [4.69, 9.17) is 5.26 Å². The highest BCUT2D eigenvalue weighted by Gasteiger charge is 2.13. The minimum Gasteiger partial charge on any atom is -0.306 e. The van der Waals surface area contributed by atoms with Crippen LogP contribution in [-0.4, -0.2) is 20.5 Å². The van der Waals surface area contributed by atoms with E-state index in [9.17, 15) is 4.79 Å². The Kier molecular flexibility index (Phi) is 3.07. The highest BCUT2D eigenvalue weighted by Crippen LogP contribution is 2.12. The summed E-state index contributed by atoms with van der Waals surface area (Å²) in [6.45, 7) is 1.71. The van der Waals surface area contributed by atoms with Crippen LogP contribution in [0.4, 0.5) is 5.82 Å². The van der Waals surface area contributed by atoms with E-state index in [0.717, 1.165) is 11.5 Å². The first-order chi connectivity index (χ1) is 8.20. The van der Waals surface area contributed by atoms with Crippen molar-refractivity contribution in [3.05, 3.63) is 34.5 Å². The summed E-state index contributed by atoms with van der Waals surface area (Å²) in [4.78, 5) is 16.2. The first-order valence-corrected chi connectivity index (χ1v) is 5.44. The smallest absolute Gasteiger partial charge is 0.270 e. The second-order valence-corrected chi connectivity index (χ2v) is 3.94. The largest absolute Gasteiger partial charge is 0.306 e. The molecule has 0 saturated heterocycles. The second-order valence-electron chi connectivity index (χ2n) is 3.19. The van der Waals surface area contributed by atoms with Crippen molar-refractivity contribution in [1.29, 1.82) is 5.26 Å². The summed E-state index contributed by atoms with van der Waals surface area (Å²) >= 11 is 1.03. The van der Waals surface area contributed by atoms with Gasteiger partial charge in [0.2, 0.25) is 0 Å². The van der Waals surface area contributed by atoms with Crippen LogP contribution in [0, 0.1) is 18.3 Å². The van der Waals surface area contributed by atoms with Crippen molar-refractivity contribution in [3.8, 4) is 6.07 Å². The van der Waals surface area contributed by atoms with E-state index in [1.54, 1.807) is 19.1 Å². The average molecular weight is 245 g/mol. The van der Waals surface area contributed by atoms with Crippen molar-refractivity contribution in [2.24, 2.45) is 0 Å². The van der Waals surface area contributed by atoms with Gasteiger partial charge in [0.15, 0.2) is 0 Å². The van der Waals surface area contributed by atoms with Gasteiger partial charge in [0, 0.05) is 6.20 Å². The van der Waals surface area contributed by atoms with Gasteiger partial charge in [-0.3, -0.25) is 4.79 Å². The van der Waals surface area contributed by atoms with E-state index < -0.39 is 0 Å². The third kappa shape index (κ3) is 2.43. The molecule has 17 heavy (non-hydrogen) atoms. The van der Waals surface area contributed by atoms with E-state index in [2.05, 4.69) is 19.9 Å². The fourth-order valence-electron chi connectivity index (χ4n) is 1.15. The lowest BCUT2D eigenvalue weighted by Crippen LogP contribution is -2.12. The number of nitriles is 1. The van der Waals surface area contributed by atoms with Gasteiger partial charge in [0.25, 0.3) is 5.91 Å². The molecule has 0 atom stereocenters. The Labute approximate surface area is 101 Å². The second kappa shape index (κ2) is 4.67. The van der Waals surface area contributed by atoms with Crippen LogP contribution in [0.25, 0.3) is 0 Å². The zero-order chi connectivity index (χ0) is 12.3. The summed E-state index contributed by atoms with van der Waals surface area (Å²) in [5, 5.41) is 15.0. The van der Waals surface area contributed by atoms with Crippen LogP contribution >= 0.6 is 11.5 Å². The molecule has 0 aliphatic carbocycles. The van der Waals surface area contributed by atoms with Gasteiger partial charge in [-0.15, -0.1) is 5.10 Å².